The second-order valence-electron chi connectivity index (χ2n) is 7.83. The zero-order chi connectivity index (χ0) is 20.3. The molecule has 2 aromatic carbocycles. The summed E-state index contributed by atoms with van der Waals surface area (Å²) in [6.45, 7) is 7.64. The zero-order valence-electron chi connectivity index (χ0n) is 16.9. The number of para-hydroxylation sites is 1. The van der Waals surface area contributed by atoms with Gasteiger partial charge in [-0.15, -0.1) is 0 Å². The molecule has 0 saturated carbocycles. The number of rotatable bonds is 5. The van der Waals surface area contributed by atoms with Crippen LogP contribution >= 0.6 is 0 Å². The molecule has 0 saturated heterocycles. The van der Waals surface area contributed by atoms with E-state index >= 15 is 0 Å². The van der Waals surface area contributed by atoms with Crippen LogP contribution in [-0.4, -0.2) is 37.7 Å². The molecule has 148 valence electrons. The summed E-state index contributed by atoms with van der Waals surface area (Å²) in [6.07, 6.45) is 1.05. The van der Waals surface area contributed by atoms with Gasteiger partial charge in [-0.05, 0) is 62.1 Å². The lowest BCUT2D eigenvalue weighted by Crippen LogP contribution is -2.49. The Kier molecular flexibility index (Phi) is 5.73. The van der Waals surface area contributed by atoms with Crippen molar-refractivity contribution in [2.45, 2.75) is 38.6 Å². The average molecular weight is 381 g/mol. The minimum absolute atomic E-state index is 0.0116. The number of anilines is 1. The molecule has 5 nitrogen and oxygen atoms in total. The van der Waals surface area contributed by atoms with Crippen LogP contribution in [0.3, 0.4) is 0 Å². The van der Waals surface area contributed by atoms with Crippen molar-refractivity contribution in [2.75, 3.05) is 25.2 Å². The van der Waals surface area contributed by atoms with Crippen molar-refractivity contribution in [1.82, 2.24) is 0 Å². The van der Waals surface area contributed by atoms with Gasteiger partial charge < -0.3 is 14.4 Å². The van der Waals surface area contributed by atoms with E-state index < -0.39 is 11.9 Å². The van der Waals surface area contributed by atoms with Gasteiger partial charge in [0.05, 0.1) is 24.8 Å². The van der Waals surface area contributed by atoms with Gasteiger partial charge in [-0.25, -0.2) is 9.59 Å². The number of methoxy groups -OCH3 is 1. The molecule has 0 spiro atoms. The largest absolute Gasteiger partial charge is 0.465 e. The maximum atomic E-state index is 12.3. The molecule has 1 heterocycles. The third-order valence-corrected chi connectivity index (χ3v) is 5.38. The van der Waals surface area contributed by atoms with Crippen molar-refractivity contribution in [2.24, 2.45) is 0 Å². The van der Waals surface area contributed by atoms with Crippen LogP contribution in [-0.2, 0) is 9.47 Å². The van der Waals surface area contributed by atoms with Crippen LogP contribution < -0.4 is 4.90 Å². The standard InChI is InChI=1S/C23H27NO4/c1-16-15-23(2,3)24(20-8-6-5-7-19(16)20)13-14-28-22(26)18-11-9-17(10-12-18)21(25)27-4/h5-12,16H,13-15H2,1-4H3. The summed E-state index contributed by atoms with van der Waals surface area (Å²) in [5, 5.41) is 0. The highest BCUT2D eigenvalue weighted by Crippen LogP contribution is 2.42. The average Bonchev–Trinajstić information content (AvgIpc) is 2.69. The van der Waals surface area contributed by atoms with Crippen LogP contribution in [0.25, 0.3) is 0 Å². The predicted octanol–water partition coefficient (Wildman–Crippen LogP) is 4.42. The molecule has 0 bridgehead atoms. The van der Waals surface area contributed by atoms with Gasteiger partial charge in [-0.2, -0.15) is 0 Å². The van der Waals surface area contributed by atoms with Gasteiger partial charge in [0, 0.05) is 11.2 Å². The Balaban J connectivity index is 1.65. The highest BCUT2D eigenvalue weighted by atomic mass is 16.5. The summed E-state index contributed by atoms with van der Waals surface area (Å²) >= 11 is 0. The molecule has 0 N–H and O–H groups in total. The van der Waals surface area contributed by atoms with Crippen molar-refractivity contribution >= 4 is 17.6 Å². The van der Waals surface area contributed by atoms with Crippen LogP contribution in [0.1, 0.15) is 59.4 Å². The lowest BCUT2D eigenvalue weighted by atomic mass is 9.80. The summed E-state index contributed by atoms with van der Waals surface area (Å²) in [5.74, 6) is -0.327. The lowest BCUT2D eigenvalue weighted by Gasteiger charge is -2.47. The fourth-order valence-electron chi connectivity index (χ4n) is 4.04. The second-order valence-corrected chi connectivity index (χ2v) is 7.83. The first kappa shape index (κ1) is 19.9. The normalized spacial score (nSPS) is 17.6. The summed E-state index contributed by atoms with van der Waals surface area (Å²) in [7, 11) is 1.32. The zero-order valence-corrected chi connectivity index (χ0v) is 16.9. The molecule has 1 unspecified atom stereocenters. The van der Waals surface area contributed by atoms with Crippen molar-refractivity contribution in [3.8, 4) is 0 Å². The molecule has 2 aromatic rings. The third kappa shape index (κ3) is 4.03. The number of hydrogen-bond donors (Lipinski definition) is 0. The molecular weight excluding hydrogens is 354 g/mol. The fraction of sp³-hybridized carbons (Fsp3) is 0.391. The molecule has 5 heteroatoms. The molecular formula is C23H27NO4. The Morgan fingerprint density at radius 2 is 1.64 bits per heavy atom. The lowest BCUT2D eigenvalue weighted by molar-refractivity contribution is 0.0507. The second kappa shape index (κ2) is 8.05. The van der Waals surface area contributed by atoms with Gasteiger partial charge in [0.2, 0.25) is 0 Å². The summed E-state index contributed by atoms with van der Waals surface area (Å²) in [6, 6.07) is 14.7. The molecule has 3 rings (SSSR count). The topological polar surface area (TPSA) is 55.8 Å². The van der Waals surface area contributed by atoms with Crippen molar-refractivity contribution in [3.63, 3.8) is 0 Å². The molecule has 0 aliphatic carbocycles. The Morgan fingerprint density at radius 1 is 1.04 bits per heavy atom. The molecule has 1 atom stereocenters. The monoisotopic (exact) mass is 381 g/mol. The Morgan fingerprint density at radius 3 is 2.29 bits per heavy atom. The van der Waals surface area contributed by atoms with E-state index in [0.717, 1.165) is 6.42 Å². The Labute approximate surface area is 166 Å². The predicted molar refractivity (Wildman–Crippen MR) is 109 cm³/mol. The quantitative estimate of drug-likeness (QED) is 0.718. The van der Waals surface area contributed by atoms with Gasteiger partial charge in [0.15, 0.2) is 0 Å². The molecule has 0 fully saturated rings. The third-order valence-electron chi connectivity index (χ3n) is 5.38. The number of benzene rings is 2. The van der Waals surface area contributed by atoms with E-state index in [-0.39, 0.29) is 5.54 Å². The van der Waals surface area contributed by atoms with Gasteiger partial charge in [-0.3, -0.25) is 0 Å². The van der Waals surface area contributed by atoms with Crippen molar-refractivity contribution in [1.29, 1.82) is 0 Å². The maximum Gasteiger partial charge on any atom is 0.338 e. The number of carbonyl (C=O) groups is 2. The van der Waals surface area contributed by atoms with E-state index in [0.29, 0.717) is 30.2 Å². The maximum absolute atomic E-state index is 12.3. The van der Waals surface area contributed by atoms with Crippen LogP contribution in [0.5, 0.6) is 0 Å². The van der Waals surface area contributed by atoms with E-state index in [4.69, 9.17) is 4.74 Å². The molecule has 1 aliphatic heterocycles. The molecule has 28 heavy (non-hydrogen) atoms. The first-order chi connectivity index (χ1) is 13.3. The Bertz CT molecular complexity index is 857. The van der Waals surface area contributed by atoms with Gasteiger partial charge >= 0.3 is 11.9 Å². The van der Waals surface area contributed by atoms with E-state index in [1.807, 2.05) is 0 Å². The van der Waals surface area contributed by atoms with Gasteiger partial charge in [0.1, 0.15) is 6.61 Å². The summed E-state index contributed by atoms with van der Waals surface area (Å²) in [4.78, 5) is 26.2. The number of carbonyl (C=O) groups excluding carboxylic acids is 2. The SMILES string of the molecule is COC(=O)c1ccc(C(=O)OCCN2c3ccccc3C(C)CC2(C)C)cc1. The first-order valence-corrected chi connectivity index (χ1v) is 9.55. The smallest absolute Gasteiger partial charge is 0.338 e. The van der Waals surface area contributed by atoms with E-state index in [2.05, 4.69) is 54.7 Å². The van der Waals surface area contributed by atoms with Gasteiger partial charge in [-0.1, -0.05) is 25.1 Å². The van der Waals surface area contributed by atoms with E-state index in [1.54, 1.807) is 24.3 Å². The van der Waals surface area contributed by atoms with Crippen molar-refractivity contribution in [3.05, 3.63) is 65.2 Å². The molecule has 1 aliphatic rings. The minimum Gasteiger partial charge on any atom is -0.465 e. The molecule has 0 radical (unpaired) electrons. The van der Waals surface area contributed by atoms with Crippen LogP contribution in [0, 0.1) is 0 Å². The number of hydrogen-bond acceptors (Lipinski definition) is 5. The van der Waals surface area contributed by atoms with E-state index in [9.17, 15) is 9.59 Å². The van der Waals surface area contributed by atoms with Crippen LogP contribution in [0.2, 0.25) is 0 Å². The van der Waals surface area contributed by atoms with Crippen LogP contribution in [0.15, 0.2) is 48.5 Å². The highest BCUT2D eigenvalue weighted by molar-refractivity contribution is 5.93. The van der Waals surface area contributed by atoms with E-state index in [1.165, 1.54) is 18.4 Å². The van der Waals surface area contributed by atoms with Crippen molar-refractivity contribution < 1.29 is 19.1 Å². The van der Waals surface area contributed by atoms with Crippen LogP contribution in [0.4, 0.5) is 5.69 Å². The number of ether oxygens (including phenoxy) is 2. The van der Waals surface area contributed by atoms with Gasteiger partial charge in [0.25, 0.3) is 0 Å². The number of fused-ring (bicyclic) bond motifs is 1. The Hall–Kier alpha value is -2.82. The number of nitrogens with zero attached hydrogens (tertiary/aromatic N) is 1. The fourth-order valence-corrected chi connectivity index (χ4v) is 4.04. The highest BCUT2D eigenvalue weighted by Gasteiger charge is 2.35. The minimum atomic E-state index is -0.430. The molecule has 0 aromatic heterocycles. The molecule has 0 amide bonds. The summed E-state index contributed by atoms with van der Waals surface area (Å²) < 4.78 is 10.2. The summed E-state index contributed by atoms with van der Waals surface area (Å²) in [5.41, 5.74) is 3.36. The first-order valence-electron chi connectivity index (χ1n) is 9.55. The number of esters is 2.